The summed E-state index contributed by atoms with van der Waals surface area (Å²) in [6.07, 6.45) is 3.97. The lowest BCUT2D eigenvalue weighted by atomic mass is 10.1. The number of rotatable bonds is 3. The molecule has 2 atom stereocenters. The first-order valence-corrected chi connectivity index (χ1v) is 6.91. The van der Waals surface area contributed by atoms with Gasteiger partial charge in [0.15, 0.2) is 0 Å². The number of ether oxygens (including phenoxy) is 1. The van der Waals surface area contributed by atoms with E-state index in [9.17, 15) is 8.42 Å². The molecule has 15 heavy (non-hydrogen) atoms. The topological polar surface area (TPSA) is 46.6 Å². The predicted octanol–water partition coefficient (Wildman–Crippen LogP) is 1.10. The van der Waals surface area contributed by atoms with Crippen molar-refractivity contribution in [2.45, 2.75) is 37.8 Å². The quantitative estimate of drug-likeness (QED) is 0.731. The van der Waals surface area contributed by atoms with Crippen LogP contribution in [0.5, 0.6) is 0 Å². The Bertz CT molecular complexity index is 333. The third kappa shape index (κ3) is 2.09. The fourth-order valence-corrected chi connectivity index (χ4v) is 3.65. The van der Waals surface area contributed by atoms with Crippen molar-refractivity contribution in [1.29, 1.82) is 0 Å². The summed E-state index contributed by atoms with van der Waals surface area (Å²) in [5.74, 6) is 0. The normalized spacial score (nSPS) is 33.3. The molecule has 2 unspecified atom stereocenters. The third-order valence-corrected chi connectivity index (χ3v) is 4.71. The highest BCUT2D eigenvalue weighted by Crippen LogP contribution is 2.30. The summed E-state index contributed by atoms with van der Waals surface area (Å²) in [5.41, 5.74) is 0. The number of hydrogen-bond acceptors (Lipinski definition) is 3. The smallest absolute Gasteiger partial charge is 0.235 e. The van der Waals surface area contributed by atoms with Crippen LogP contribution in [0.3, 0.4) is 0 Å². The van der Waals surface area contributed by atoms with Gasteiger partial charge in [-0.2, -0.15) is 4.31 Å². The van der Waals surface area contributed by atoms with Crippen LogP contribution in [-0.4, -0.2) is 38.0 Å². The van der Waals surface area contributed by atoms with Gasteiger partial charge in [0, 0.05) is 18.6 Å². The molecule has 86 valence electrons. The Morgan fingerprint density at radius 1 is 1.33 bits per heavy atom. The molecule has 0 aliphatic carbocycles. The first kappa shape index (κ1) is 11.1. The molecule has 2 fully saturated rings. The molecule has 2 aliphatic heterocycles. The minimum absolute atomic E-state index is 0.0375. The van der Waals surface area contributed by atoms with Gasteiger partial charge in [-0.05, 0) is 25.7 Å². The average molecular weight is 231 g/mol. The van der Waals surface area contributed by atoms with Gasteiger partial charge in [0.2, 0.25) is 10.0 Å². The van der Waals surface area contributed by atoms with E-state index < -0.39 is 10.0 Å². The van der Waals surface area contributed by atoms with Gasteiger partial charge < -0.3 is 4.74 Å². The Morgan fingerprint density at radius 3 is 2.73 bits per heavy atom. The Hall–Kier alpha value is -0.390. The zero-order chi connectivity index (χ0) is 10.9. The highest BCUT2D eigenvalue weighted by molar-refractivity contribution is 7.92. The van der Waals surface area contributed by atoms with Crippen molar-refractivity contribution in [1.82, 2.24) is 4.31 Å². The van der Waals surface area contributed by atoms with Gasteiger partial charge in [-0.3, -0.25) is 0 Å². The van der Waals surface area contributed by atoms with Crippen molar-refractivity contribution in [2.24, 2.45) is 0 Å². The maximum atomic E-state index is 11.7. The van der Waals surface area contributed by atoms with Crippen LogP contribution in [0.25, 0.3) is 0 Å². The fourth-order valence-electron chi connectivity index (χ4n) is 2.46. The number of sulfonamides is 1. The van der Waals surface area contributed by atoms with Gasteiger partial charge in [-0.25, -0.2) is 8.42 Å². The second-order valence-corrected chi connectivity index (χ2v) is 5.92. The van der Waals surface area contributed by atoms with Crippen molar-refractivity contribution < 1.29 is 13.2 Å². The second kappa shape index (κ2) is 4.23. The Labute approximate surface area is 91.0 Å². The van der Waals surface area contributed by atoms with Crippen LogP contribution < -0.4 is 0 Å². The third-order valence-electron chi connectivity index (χ3n) is 3.18. The standard InChI is InChI=1S/C10H17NO3S/c1-2-15(12,13)11-7-3-5-9(11)10-6-4-8-14-10/h2,9-10H,1,3-8H2. The van der Waals surface area contributed by atoms with E-state index >= 15 is 0 Å². The van der Waals surface area contributed by atoms with Crippen LogP contribution >= 0.6 is 0 Å². The minimum atomic E-state index is -3.27. The molecule has 0 aromatic rings. The molecule has 0 radical (unpaired) electrons. The molecule has 2 heterocycles. The van der Waals surface area contributed by atoms with Gasteiger partial charge in [0.05, 0.1) is 12.1 Å². The molecule has 0 bridgehead atoms. The van der Waals surface area contributed by atoms with Gasteiger partial charge in [-0.1, -0.05) is 6.58 Å². The molecule has 0 aromatic heterocycles. The summed E-state index contributed by atoms with van der Waals surface area (Å²) in [5, 5.41) is 1.04. The first-order valence-electron chi connectivity index (χ1n) is 5.41. The van der Waals surface area contributed by atoms with Crippen LogP contribution in [0.2, 0.25) is 0 Å². The molecule has 5 heteroatoms. The van der Waals surface area contributed by atoms with Gasteiger partial charge >= 0.3 is 0 Å². The average Bonchev–Trinajstić information content (AvgIpc) is 2.87. The van der Waals surface area contributed by atoms with Crippen molar-refractivity contribution in [3.63, 3.8) is 0 Å². The molecular formula is C10H17NO3S. The summed E-state index contributed by atoms with van der Waals surface area (Å²) < 4.78 is 30.6. The van der Waals surface area contributed by atoms with Crippen molar-refractivity contribution in [2.75, 3.05) is 13.2 Å². The Kier molecular flexibility index (Phi) is 3.13. The van der Waals surface area contributed by atoms with E-state index in [1.165, 1.54) is 0 Å². The molecular weight excluding hydrogens is 214 g/mol. The predicted molar refractivity (Wildman–Crippen MR) is 57.8 cm³/mol. The largest absolute Gasteiger partial charge is 0.377 e. The molecule has 0 spiro atoms. The molecule has 2 aliphatic rings. The summed E-state index contributed by atoms with van der Waals surface area (Å²) in [4.78, 5) is 0. The lowest BCUT2D eigenvalue weighted by molar-refractivity contribution is 0.0648. The highest BCUT2D eigenvalue weighted by Gasteiger charge is 2.39. The zero-order valence-corrected chi connectivity index (χ0v) is 9.58. The molecule has 2 rings (SSSR count). The van der Waals surface area contributed by atoms with E-state index in [1.807, 2.05) is 0 Å². The second-order valence-electron chi connectivity index (χ2n) is 4.08. The van der Waals surface area contributed by atoms with Crippen LogP contribution in [0.15, 0.2) is 12.0 Å². The van der Waals surface area contributed by atoms with Gasteiger partial charge in [0.25, 0.3) is 0 Å². The highest BCUT2D eigenvalue weighted by atomic mass is 32.2. The van der Waals surface area contributed by atoms with Crippen LogP contribution in [-0.2, 0) is 14.8 Å². The van der Waals surface area contributed by atoms with E-state index in [2.05, 4.69) is 6.58 Å². The molecule has 2 saturated heterocycles. The molecule has 0 saturated carbocycles. The number of nitrogens with zero attached hydrogens (tertiary/aromatic N) is 1. The van der Waals surface area contributed by atoms with E-state index in [0.717, 1.165) is 37.7 Å². The van der Waals surface area contributed by atoms with E-state index in [0.29, 0.717) is 6.54 Å². The summed E-state index contributed by atoms with van der Waals surface area (Å²) in [7, 11) is -3.27. The lowest BCUT2D eigenvalue weighted by Gasteiger charge is -2.26. The molecule has 0 aromatic carbocycles. The molecule has 0 amide bonds. The van der Waals surface area contributed by atoms with Crippen molar-refractivity contribution in [3.05, 3.63) is 12.0 Å². The molecule has 0 N–H and O–H groups in total. The van der Waals surface area contributed by atoms with Crippen LogP contribution in [0, 0.1) is 0 Å². The molecule has 4 nitrogen and oxygen atoms in total. The maximum Gasteiger partial charge on any atom is 0.235 e. The van der Waals surface area contributed by atoms with E-state index in [4.69, 9.17) is 4.74 Å². The van der Waals surface area contributed by atoms with Crippen LogP contribution in [0.1, 0.15) is 25.7 Å². The Morgan fingerprint density at radius 2 is 2.13 bits per heavy atom. The minimum Gasteiger partial charge on any atom is -0.377 e. The maximum absolute atomic E-state index is 11.7. The zero-order valence-electron chi connectivity index (χ0n) is 8.76. The van der Waals surface area contributed by atoms with E-state index in [1.54, 1.807) is 4.31 Å². The Balaban J connectivity index is 2.14. The fraction of sp³-hybridized carbons (Fsp3) is 0.800. The summed E-state index contributed by atoms with van der Waals surface area (Å²) in [6.45, 7) is 4.74. The lowest BCUT2D eigenvalue weighted by Crippen LogP contribution is -2.41. The van der Waals surface area contributed by atoms with E-state index in [-0.39, 0.29) is 12.1 Å². The first-order chi connectivity index (χ1) is 7.15. The number of hydrogen-bond donors (Lipinski definition) is 0. The van der Waals surface area contributed by atoms with Crippen molar-refractivity contribution >= 4 is 10.0 Å². The van der Waals surface area contributed by atoms with Crippen LogP contribution in [0.4, 0.5) is 0 Å². The SMILES string of the molecule is C=CS(=O)(=O)N1CCCC1C1CCCO1. The van der Waals surface area contributed by atoms with Gasteiger partial charge in [-0.15, -0.1) is 0 Å². The summed E-state index contributed by atoms with van der Waals surface area (Å²) in [6, 6.07) is 0.0375. The van der Waals surface area contributed by atoms with Crippen molar-refractivity contribution in [3.8, 4) is 0 Å². The summed E-state index contributed by atoms with van der Waals surface area (Å²) >= 11 is 0. The monoisotopic (exact) mass is 231 g/mol. The van der Waals surface area contributed by atoms with Gasteiger partial charge in [0.1, 0.15) is 0 Å².